The number of urea groups is 1. The lowest BCUT2D eigenvalue weighted by atomic mass is 9.86. The second-order valence-corrected chi connectivity index (χ2v) is 6.30. The van der Waals surface area contributed by atoms with E-state index in [0.717, 1.165) is 12.8 Å². The molecular weight excluding hydrogens is 276 g/mol. The van der Waals surface area contributed by atoms with E-state index in [2.05, 4.69) is 28.6 Å². The summed E-state index contributed by atoms with van der Waals surface area (Å²) in [5.74, 6) is 0.198. The summed E-state index contributed by atoms with van der Waals surface area (Å²) < 4.78 is 1.82. The van der Waals surface area contributed by atoms with E-state index in [1.54, 1.807) is 0 Å². The topological polar surface area (TPSA) is 50.2 Å². The number of hydrogen-bond acceptors (Lipinski definition) is 2. The van der Waals surface area contributed by atoms with E-state index in [1.807, 2.05) is 35.1 Å². The zero-order valence-electron chi connectivity index (χ0n) is 12.7. The molecule has 5 heteroatoms. The molecule has 114 valence electrons. The van der Waals surface area contributed by atoms with E-state index in [1.165, 1.54) is 16.7 Å². The van der Waals surface area contributed by atoms with Crippen molar-refractivity contribution in [2.24, 2.45) is 7.05 Å². The monoisotopic (exact) mass is 296 g/mol. The van der Waals surface area contributed by atoms with E-state index in [4.69, 9.17) is 0 Å². The largest absolute Gasteiger partial charge is 0.335 e. The summed E-state index contributed by atoms with van der Waals surface area (Å²) >= 11 is 0. The quantitative estimate of drug-likeness (QED) is 0.924. The molecule has 1 fully saturated rings. The molecule has 0 spiro atoms. The van der Waals surface area contributed by atoms with Gasteiger partial charge in [0.1, 0.15) is 0 Å². The first kappa shape index (κ1) is 13.4. The number of nitrogens with one attached hydrogen (secondary N) is 1. The van der Waals surface area contributed by atoms with E-state index in [9.17, 15) is 4.79 Å². The Bertz CT molecular complexity index is 704. The van der Waals surface area contributed by atoms with E-state index in [0.29, 0.717) is 19.1 Å². The number of fused-ring (bicyclic) bond motifs is 1. The van der Waals surface area contributed by atoms with Gasteiger partial charge in [0.05, 0.1) is 6.20 Å². The number of rotatable bonds is 2. The van der Waals surface area contributed by atoms with Gasteiger partial charge in [-0.1, -0.05) is 24.3 Å². The van der Waals surface area contributed by atoms with Crippen molar-refractivity contribution in [3.8, 4) is 0 Å². The molecule has 2 heterocycles. The third-order valence-electron chi connectivity index (χ3n) is 4.51. The predicted molar refractivity (Wildman–Crippen MR) is 83.5 cm³/mol. The summed E-state index contributed by atoms with van der Waals surface area (Å²) in [5.41, 5.74) is 3.71. The molecule has 22 heavy (non-hydrogen) atoms. The first-order valence-corrected chi connectivity index (χ1v) is 7.82. The highest BCUT2D eigenvalue weighted by Crippen LogP contribution is 2.33. The molecule has 1 N–H and O–H groups in total. The van der Waals surface area contributed by atoms with Crippen molar-refractivity contribution >= 4 is 6.03 Å². The van der Waals surface area contributed by atoms with Crippen LogP contribution >= 0.6 is 0 Å². The highest BCUT2D eigenvalue weighted by Gasteiger charge is 2.32. The van der Waals surface area contributed by atoms with Crippen LogP contribution in [0.3, 0.4) is 0 Å². The van der Waals surface area contributed by atoms with Crippen LogP contribution in [0.25, 0.3) is 0 Å². The molecule has 1 saturated carbocycles. The lowest BCUT2D eigenvalue weighted by molar-refractivity contribution is 0.188. The minimum absolute atomic E-state index is 0.0610. The zero-order chi connectivity index (χ0) is 15.1. The molecule has 0 saturated heterocycles. The Morgan fingerprint density at radius 2 is 2.14 bits per heavy atom. The van der Waals surface area contributed by atoms with Crippen LogP contribution in [0.2, 0.25) is 0 Å². The first-order valence-electron chi connectivity index (χ1n) is 7.82. The Labute approximate surface area is 129 Å². The number of nitrogens with zero attached hydrogens (tertiary/aromatic N) is 3. The van der Waals surface area contributed by atoms with E-state index < -0.39 is 0 Å². The van der Waals surface area contributed by atoms with Crippen LogP contribution in [0.5, 0.6) is 0 Å². The van der Waals surface area contributed by atoms with Crippen LogP contribution < -0.4 is 5.32 Å². The van der Waals surface area contributed by atoms with Crippen molar-refractivity contribution in [3.05, 3.63) is 53.3 Å². The van der Waals surface area contributed by atoms with Gasteiger partial charge in [-0.3, -0.25) is 4.68 Å². The van der Waals surface area contributed by atoms with Crippen LogP contribution in [0, 0.1) is 0 Å². The molecule has 2 aromatic rings. The van der Waals surface area contributed by atoms with Gasteiger partial charge >= 0.3 is 6.03 Å². The Kier molecular flexibility index (Phi) is 3.13. The van der Waals surface area contributed by atoms with Crippen molar-refractivity contribution in [1.29, 1.82) is 0 Å². The van der Waals surface area contributed by atoms with E-state index >= 15 is 0 Å². The van der Waals surface area contributed by atoms with Gasteiger partial charge in [-0.2, -0.15) is 5.10 Å². The van der Waals surface area contributed by atoms with Gasteiger partial charge in [0.15, 0.2) is 0 Å². The standard InChI is InChI=1S/C17H20N4O/c1-20-9-13(8-18-20)16-11-21(17(22)19-14-6-7-14)10-12-4-2-3-5-15(12)16/h2-5,8-9,14,16H,6-7,10-11H2,1H3,(H,19,22). The third kappa shape index (κ3) is 2.47. The normalized spacial score (nSPS) is 20.6. The molecule has 1 aliphatic heterocycles. The van der Waals surface area contributed by atoms with Gasteiger partial charge in [0.25, 0.3) is 0 Å². The van der Waals surface area contributed by atoms with E-state index in [-0.39, 0.29) is 11.9 Å². The molecule has 4 rings (SSSR count). The van der Waals surface area contributed by atoms with Crippen molar-refractivity contribution in [2.45, 2.75) is 31.3 Å². The van der Waals surface area contributed by atoms with Gasteiger partial charge in [-0.05, 0) is 29.5 Å². The molecule has 0 radical (unpaired) electrons. The molecular formula is C17H20N4O. The number of hydrogen-bond donors (Lipinski definition) is 1. The van der Waals surface area contributed by atoms with Crippen LogP contribution in [0.1, 0.15) is 35.4 Å². The number of aryl methyl sites for hydroxylation is 1. The fourth-order valence-electron chi connectivity index (χ4n) is 3.16. The number of aromatic nitrogens is 2. The molecule has 0 bridgehead atoms. The fourth-order valence-corrected chi connectivity index (χ4v) is 3.16. The third-order valence-corrected chi connectivity index (χ3v) is 4.51. The van der Waals surface area contributed by atoms with Gasteiger partial charge in [0.2, 0.25) is 0 Å². The van der Waals surface area contributed by atoms with Gasteiger partial charge in [0, 0.05) is 38.3 Å². The van der Waals surface area contributed by atoms with Crippen LogP contribution in [0.4, 0.5) is 4.79 Å². The fraction of sp³-hybridized carbons (Fsp3) is 0.412. The highest BCUT2D eigenvalue weighted by molar-refractivity contribution is 5.75. The SMILES string of the molecule is Cn1cc(C2CN(C(=O)NC3CC3)Cc3ccccc32)cn1. The minimum Gasteiger partial charge on any atom is -0.335 e. The number of benzene rings is 1. The summed E-state index contributed by atoms with van der Waals surface area (Å²) in [6, 6.07) is 8.86. The average Bonchev–Trinajstić information content (AvgIpc) is 3.24. The van der Waals surface area contributed by atoms with Crippen LogP contribution in [-0.4, -0.2) is 33.3 Å². The van der Waals surface area contributed by atoms with Crippen molar-refractivity contribution < 1.29 is 4.79 Å². The summed E-state index contributed by atoms with van der Waals surface area (Å²) in [7, 11) is 1.93. The zero-order valence-corrected chi connectivity index (χ0v) is 12.7. The molecule has 1 unspecified atom stereocenters. The van der Waals surface area contributed by atoms with Gasteiger partial charge in [-0.25, -0.2) is 4.79 Å². The molecule has 2 amide bonds. The number of carbonyl (C=O) groups is 1. The Balaban J connectivity index is 1.65. The summed E-state index contributed by atoms with van der Waals surface area (Å²) in [6.45, 7) is 1.40. The summed E-state index contributed by atoms with van der Waals surface area (Å²) in [4.78, 5) is 14.4. The Hall–Kier alpha value is -2.30. The predicted octanol–water partition coefficient (Wildman–Crippen LogP) is 2.24. The Morgan fingerprint density at radius 3 is 2.86 bits per heavy atom. The maximum Gasteiger partial charge on any atom is 0.317 e. The maximum absolute atomic E-state index is 12.4. The molecule has 1 aromatic carbocycles. The van der Waals surface area contributed by atoms with Crippen LogP contribution in [-0.2, 0) is 13.6 Å². The van der Waals surface area contributed by atoms with Gasteiger partial charge in [-0.15, -0.1) is 0 Å². The summed E-state index contributed by atoms with van der Waals surface area (Å²) in [6.07, 6.45) is 6.18. The highest BCUT2D eigenvalue weighted by atomic mass is 16.2. The first-order chi connectivity index (χ1) is 10.7. The maximum atomic E-state index is 12.4. The smallest absolute Gasteiger partial charge is 0.317 e. The average molecular weight is 296 g/mol. The Morgan fingerprint density at radius 1 is 1.32 bits per heavy atom. The molecule has 1 atom stereocenters. The second kappa shape index (κ2) is 5.16. The molecule has 2 aliphatic rings. The molecule has 1 aliphatic carbocycles. The minimum atomic E-state index is 0.0610. The number of amides is 2. The lowest BCUT2D eigenvalue weighted by Crippen LogP contribution is -2.45. The van der Waals surface area contributed by atoms with Crippen molar-refractivity contribution in [3.63, 3.8) is 0 Å². The van der Waals surface area contributed by atoms with Gasteiger partial charge < -0.3 is 10.2 Å². The second-order valence-electron chi connectivity index (χ2n) is 6.30. The number of carbonyl (C=O) groups excluding carboxylic acids is 1. The van der Waals surface area contributed by atoms with Crippen molar-refractivity contribution in [2.75, 3.05) is 6.54 Å². The molecule has 1 aromatic heterocycles. The lowest BCUT2D eigenvalue weighted by Gasteiger charge is -2.34. The van der Waals surface area contributed by atoms with Crippen LogP contribution in [0.15, 0.2) is 36.7 Å². The summed E-state index contributed by atoms with van der Waals surface area (Å²) in [5, 5.41) is 7.39. The van der Waals surface area contributed by atoms with Crippen molar-refractivity contribution in [1.82, 2.24) is 20.0 Å². The molecule has 5 nitrogen and oxygen atoms in total.